The van der Waals surface area contributed by atoms with Crippen molar-refractivity contribution in [2.75, 3.05) is 26.1 Å². The summed E-state index contributed by atoms with van der Waals surface area (Å²) in [6.07, 6.45) is 2.06. The Kier molecular flexibility index (Phi) is 6.63. The summed E-state index contributed by atoms with van der Waals surface area (Å²) in [4.78, 5) is 20.7. The van der Waals surface area contributed by atoms with Crippen molar-refractivity contribution < 1.29 is 14.3 Å². The molecule has 0 atom stereocenters. The molecule has 0 aliphatic carbocycles. The first-order valence-electron chi connectivity index (χ1n) is 9.24. The molecule has 2 aromatic carbocycles. The number of rotatable bonds is 8. The topological polar surface area (TPSA) is 85.4 Å². The Hall–Kier alpha value is -3.61. The van der Waals surface area contributed by atoms with E-state index in [1.165, 1.54) is 6.33 Å². The molecule has 7 nitrogen and oxygen atoms in total. The molecular weight excluding hydrogens is 368 g/mol. The minimum Gasteiger partial charge on any atom is -0.497 e. The number of methoxy groups -OCH3 is 2. The lowest BCUT2D eigenvalue weighted by Crippen LogP contribution is -2.26. The number of ether oxygens (including phenoxy) is 2. The zero-order chi connectivity index (χ0) is 20.6. The van der Waals surface area contributed by atoms with Gasteiger partial charge in [0.2, 0.25) is 0 Å². The smallest absolute Gasteiger partial charge is 0.270 e. The molecule has 3 rings (SSSR count). The third-order valence-corrected chi connectivity index (χ3v) is 4.35. The Morgan fingerprint density at radius 2 is 1.90 bits per heavy atom. The van der Waals surface area contributed by atoms with Gasteiger partial charge in [-0.05, 0) is 48.7 Å². The third kappa shape index (κ3) is 5.44. The maximum absolute atomic E-state index is 12.5. The summed E-state index contributed by atoms with van der Waals surface area (Å²) >= 11 is 0. The predicted molar refractivity (Wildman–Crippen MR) is 112 cm³/mol. The molecule has 0 fully saturated rings. The maximum atomic E-state index is 12.5. The quantitative estimate of drug-likeness (QED) is 0.610. The molecule has 1 heterocycles. The highest BCUT2D eigenvalue weighted by atomic mass is 16.5. The number of hydrogen-bond donors (Lipinski definition) is 2. The summed E-state index contributed by atoms with van der Waals surface area (Å²) < 4.78 is 10.6. The first kappa shape index (κ1) is 20.1. The van der Waals surface area contributed by atoms with Crippen LogP contribution >= 0.6 is 0 Å². The Labute approximate surface area is 170 Å². The minimum atomic E-state index is -0.255. The molecular formula is C22H24N4O3. The van der Waals surface area contributed by atoms with Gasteiger partial charge in [0.25, 0.3) is 5.91 Å². The number of hydrogen-bond acceptors (Lipinski definition) is 6. The second kappa shape index (κ2) is 9.54. The van der Waals surface area contributed by atoms with Gasteiger partial charge in [-0.15, -0.1) is 0 Å². The summed E-state index contributed by atoms with van der Waals surface area (Å²) in [5.74, 6) is 1.75. The van der Waals surface area contributed by atoms with Crippen LogP contribution in [0.25, 0.3) is 0 Å². The van der Waals surface area contributed by atoms with Gasteiger partial charge >= 0.3 is 0 Å². The van der Waals surface area contributed by atoms with Crippen molar-refractivity contribution >= 4 is 17.4 Å². The van der Waals surface area contributed by atoms with Crippen LogP contribution in [0.3, 0.4) is 0 Å². The Bertz CT molecular complexity index is 991. The van der Waals surface area contributed by atoms with E-state index in [0.717, 1.165) is 22.6 Å². The number of carbonyl (C=O) groups is 1. The molecule has 7 heteroatoms. The van der Waals surface area contributed by atoms with Crippen LogP contribution < -0.4 is 20.1 Å². The highest BCUT2D eigenvalue weighted by Gasteiger charge is 2.10. The van der Waals surface area contributed by atoms with E-state index in [9.17, 15) is 4.79 Å². The molecule has 0 aliphatic rings. The number of benzene rings is 2. The van der Waals surface area contributed by atoms with E-state index < -0.39 is 0 Å². The third-order valence-electron chi connectivity index (χ3n) is 4.35. The summed E-state index contributed by atoms with van der Waals surface area (Å²) in [6.45, 7) is 2.48. The largest absolute Gasteiger partial charge is 0.497 e. The van der Waals surface area contributed by atoms with Crippen molar-refractivity contribution in [1.82, 2.24) is 15.3 Å². The highest BCUT2D eigenvalue weighted by Crippen LogP contribution is 2.27. The lowest BCUT2D eigenvalue weighted by molar-refractivity contribution is 0.0949. The maximum Gasteiger partial charge on any atom is 0.270 e. The van der Waals surface area contributed by atoms with Crippen molar-refractivity contribution in [2.24, 2.45) is 0 Å². The van der Waals surface area contributed by atoms with Crippen molar-refractivity contribution in [2.45, 2.75) is 13.3 Å². The normalized spacial score (nSPS) is 10.3. The highest BCUT2D eigenvalue weighted by molar-refractivity contribution is 5.93. The average molecular weight is 392 g/mol. The average Bonchev–Trinajstić information content (AvgIpc) is 2.74. The van der Waals surface area contributed by atoms with E-state index in [-0.39, 0.29) is 5.91 Å². The first-order chi connectivity index (χ1) is 14.1. The van der Waals surface area contributed by atoms with Crippen LogP contribution in [-0.4, -0.2) is 36.6 Å². The molecule has 0 spiro atoms. The number of aromatic nitrogens is 2. The molecule has 1 amide bonds. The van der Waals surface area contributed by atoms with Gasteiger partial charge in [-0.3, -0.25) is 4.79 Å². The van der Waals surface area contributed by atoms with Gasteiger partial charge in [0.15, 0.2) is 0 Å². The van der Waals surface area contributed by atoms with Crippen LogP contribution in [0.4, 0.5) is 11.5 Å². The van der Waals surface area contributed by atoms with Crippen molar-refractivity contribution in [3.05, 3.63) is 71.7 Å². The van der Waals surface area contributed by atoms with Crippen molar-refractivity contribution in [1.29, 1.82) is 0 Å². The van der Waals surface area contributed by atoms with E-state index >= 15 is 0 Å². The van der Waals surface area contributed by atoms with Crippen molar-refractivity contribution in [3.63, 3.8) is 0 Å². The second-order valence-corrected chi connectivity index (χ2v) is 6.47. The predicted octanol–water partition coefficient (Wildman–Crippen LogP) is 3.52. The summed E-state index contributed by atoms with van der Waals surface area (Å²) in [6, 6.07) is 15.2. The molecule has 0 aliphatic heterocycles. The molecule has 0 unspecified atom stereocenters. The fourth-order valence-corrected chi connectivity index (χ4v) is 2.85. The van der Waals surface area contributed by atoms with Crippen LogP contribution in [0.1, 0.15) is 21.6 Å². The lowest BCUT2D eigenvalue weighted by Gasteiger charge is -2.12. The Morgan fingerprint density at radius 3 is 2.69 bits per heavy atom. The standard InChI is InChI=1S/C22H24N4O3/c1-15-7-8-20(29-3)18(11-15)26-21-13-19(24-14-25-21)22(27)23-10-9-16-5-4-6-17(12-16)28-2/h4-8,11-14H,9-10H2,1-3H3,(H,23,27)(H,24,25,26). The van der Waals surface area contributed by atoms with Gasteiger partial charge in [0.1, 0.15) is 29.3 Å². The van der Waals surface area contributed by atoms with E-state index in [4.69, 9.17) is 9.47 Å². The summed E-state index contributed by atoms with van der Waals surface area (Å²) in [7, 11) is 3.24. The van der Waals surface area contributed by atoms with Gasteiger partial charge < -0.3 is 20.1 Å². The number of carbonyl (C=O) groups excluding carboxylic acids is 1. The van der Waals surface area contributed by atoms with E-state index in [2.05, 4.69) is 20.6 Å². The number of nitrogens with one attached hydrogen (secondary N) is 2. The SMILES string of the molecule is COc1cccc(CCNC(=O)c2cc(Nc3cc(C)ccc3OC)ncn2)c1. The van der Waals surface area contributed by atoms with Crippen LogP contribution in [0.2, 0.25) is 0 Å². The Morgan fingerprint density at radius 1 is 1.03 bits per heavy atom. The van der Waals surface area contributed by atoms with Crippen LogP contribution in [0.5, 0.6) is 11.5 Å². The number of aryl methyl sites for hydroxylation is 1. The Balaban J connectivity index is 1.63. The molecule has 0 saturated heterocycles. The number of nitrogens with zero attached hydrogens (tertiary/aromatic N) is 2. The summed E-state index contributed by atoms with van der Waals surface area (Å²) in [5, 5.41) is 6.07. The van der Waals surface area contributed by atoms with Gasteiger partial charge in [0.05, 0.1) is 19.9 Å². The first-order valence-corrected chi connectivity index (χ1v) is 9.24. The fourth-order valence-electron chi connectivity index (χ4n) is 2.85. The molecule has 150 valence electrons. The molecule has 0 bridgehead atoms. The van der Waals surface area contributed by atoms with Crippen molar-refractivity contribution in [3.8, 4) is 11.5 Å². The van der Waals surface area contributed by atoms with E-state index in [1.807, 2.05) is 49.4 Å². The fraction of sp³-hybridized carbons (Fsp3) is 0.227. The monoisotopic (exact) mass is 392 g/mol. The van der Waals surface area contributed by atoms with Crippen LogP contribution in [-0.2, 0) is 6.42 Å². The zero-order valence-corrected chi connectivity index (χ0v) is 16.7. The molecule has 1 aromatic heterocycles. The van der Waals surface area contributed by atoms with E-state index in [0.29, 0.717) is 30.2 Å². The lowest BCUT2D eigenvalue weighted by atomic mass is 10.1. The van der Waals surface area contributed by atoms with Gasteiger partial charge in [-0.2, -0.15) is 0 Å². The molecule has 0 saturated carbocycles. The summed E-state index contributed by atoms with van der Waals surface area (Å²) in [5.41, 5.74) is 3.23. The number of anilines is 2. The van der Waals surface area contributed by atoms with Gasteiger partial charge in [0, 0.05) is 12.6 Å². The molecule has 29 heavy (non-hydrogen) atoms. The molecule has 2 N–H and O–H groups in total. The second-order valence-electron chi connectivity index (χ2n) is 6.47. The van der Waals surface area contributed by atoms with Crippen LogP contribution in [0.15, 0.2) is 54.9 Å². The zero-order valence-electron chi connectivity index (χ0n) is 16.7. The molecule has 0 radical (unpaired) electrons. The minimum absolute atomic E-state index is 0.255. The van der Waals surface area contributed by atoms with Gasteiger partial charge in [-0.1, -0.05) is 18.2 Å². The molecule has 3 aromatic rings. The van der Waals surface area contributed by atoms with Crippen LogP contribution in [0, 0.1) is 6.92 Å². The number of amides is 1. The van der Waals surface area contributed by atoms with E-state index in [1.54, 1.807) is 20.3 Å². The van der Waals surface area contributed by atoms with Gasteiger partial charge in [-0.25, -0.2) is 9.97 Å².